The number of allylic oxidation sites excluding steroid dienone is 1. The van der Waals surface area contributed by atoms with Gasteiger partial charge in [0.05, 0.1) is 10.9 Å². The topological polar surface area (TPSA) is 12.0 Å². The predicted molar refractivity (Wildman–Crippen MR) is 92.6 cm³/mol. The van der Waals surface area contributed by atoms with Gasteiger partial charge in [0.25, 0.3) is 0 Å². The summed E-state index contributed by atoms with van der Waals surface area (Å²) in [6, 6.07) is 7.74. The second-order valence-corrected chi connectivity index (χ2v) is 6.51. The Kier molecular flexibility index (Phi) is 4.78. The minimum atomic E-state index is -4.50. The Morgan fingerprint density at radius 2 is 1.96 bits per heavy atom. The van der Waals surface area contributed by atoms with E-state index in [2.05, 4.69) is 5.32 Å². The molecule has 1 nitrogen and oxygen atoms in total. The van der Waals surface area contributed by atoms with Crippen LogP contribution >= 0.6 is 11.6 Å². The van der Waals surface area contributed by atoms with Crippen LogP contribution in [-0.4, -0.2) is 12.7 Å². The molecule has 132 valence electrons. The molecule has 1 N–H and O–H groups in total. The van der Waals surface area contributed by atoms with Crippen molar-refractivity contribution in [2.75, 3.05) is 11.9 Å². The molecule has 1 unspecified atom stereocenters. The van der Waals surface area contributed by atoms with Crippen molar-refractivity contribution in [2.24, 2.45) is 0 Å². The Morgan fingerprint density at radius 3 is 2.64 bits per heavy atom. The molecule has 1 aliphatic rings. The monoisotopic (exact) mass is 369 g/mol. The summed E-state index contributed by atoms with van der Waals surface area (Å²) in [5.41, 5.74) is 2.82. The standard InChI is InChI=1S/C19H16ClF4N/c1-11-8-14(10-16(20)18(11)21)15(19(22,23)24)4-2-12-3-5-17-13(9-12)6-7-25-17/h2-5,8-10,15,25H,6-7H2,1H3/b4-2+. The zero-order valence-electron chi connectivity index (χ0n) is 13.4. The second-order valence-electron chi connectivity index (χ2n) is 6.11. The highest BCUT2D eigenvalue weighted by atomic mass is 35.5. The number of alkyl halides is 3. The highest BCUT2D eigenvalue weighted by molar-refractivity contribution is 6.30. The largest absolute Gasteiger partial charge is 0.399 e. The smallest absolute Gasteiger partial charge is 0.384 e. The van der Waals surface area contributed by atoms with Crippen LogP contribution < -0.4 is 5.32 Å². The molecule has 0 saturated heterocycles. The fourth-order valence-electron chi connectivity index (χ4n) is 2.98. The highest BCUT2D eigenvalue weighted by Gasteiger charge is 2.39. The van der Waals surface area contributed by atoms with Crippen LogP contribution in [0, 0.1) is 12.7 Å². The van der Waals surface area contributed by atoms with Gasteiger partial charge in [0.15, 0.2) is 0 Å². The SMILES string of the molecule is Cc1cc(C(/C=C/c2ccc3c(c2)CCN3)C(F)(F)F)cc(Cl)c1F. The molecule has 2 aromatic rings. The molecule has 0 saturated carbocycles. The van der Waals surface area contributed by atoms with Gasteiger partial charge in [-0.25, -0.2) is 4.39 Å². The molecule has 1 atom stereocenters. The average molecular weight is 370 g/mol. The zero-order valence-corrected chi connectivity index (χ0v) is 14.2. The van der Waals surface area contributed by atoms with Gasteiger partial charge in [-0.05, 0) is 53.8 Å². The molecule has 0 spiro atoms. The van der Waals surface area contributed by atoms with E-state index in [1.807, 2.05) is 12.1 Å². The molecule has 1 heterocycles. The van der Waals surface area contributed by atoms with Gasteiger partial charge >= 0.3 is 6.18 Å². The third-order valence-electron chi connectivity index (χ3n) is 4.26. The van der Waals surface area contributed by atoms with Gasteiger partial charge in [0.2, 0.25) is 0 Å². The van der Waals surface area contributed by atoms with E-state index in [0.717, 1.165) is 36.4 Å². The van der Waals surface area contributed by atoms with Crippen molar-refractivity contribution in [1.82, 2.24) is 0 Å². The number of nitrogens with one attached hydrogen (secondary N) is 1. The first-order valence-corrected chi connectivity index (χ1v) is 8.21. The molecule has 0 radical (unpaired) electrons. The van der Waals surface area contributed by atoms with Gasteiger partial charge in [-0.3, -0.25) is 0 Å². The van der Waals surface area contributed by atoms with Gasteiger partial charge in [0, 0.05) is 12.2 Å². The van der Waals surface area contributed by atoms with E-state index in [4.69, 9.17) is 11.6 Å². The molecular formula is C19H16ClF4N. The maximum absolute atomic E-state index is 13.6. The average Bonchev–Trinajstić information content (AvgIpc) is 2.99. The molecule has 6 heteroatoms. The third kappa shape index (κ3) is 3.82. The first kappa shape index (κ1) is 17.8. The first-order chi connectivity index (χ1) is 11.8. The Labute approximate surface area is 148 Å². The van der Waals surface area contributed by atoms with Gasteiger partial charge in [-0.2, -0.15) is 13.2 Å². The van der Waals surface area contributed by atoms with E-state index >= 15 is 0 Å². The summed E-state index contributed by atoms with van der Waals surface area (Å²) in [4.78, 5) is 0. The minimum absolute atomic E-state index is 0.0736. The van der Waals surface area contributed by atoms with Crippen LogP contribution in [-0.2, 0) is 6.42 Å². The molecule has 0 fully saturated rings. The van der Waals surface area contributed by atoms with Crippen LogP contribution in [0.5, 0.6) is 0 Å². The molecule has 0 aromatic heterocycles. The number of aryl methyl sites for hydroxylation is 1. The molecule has 2 aromatic carbocycles. The molecule has 3 rings (SSSR count). The maximum atomic E-state index is 13.6. The Hall–Kier alpha value is -2.01. The lowest BCUT2D eigenvalue weighted by Gasteiger charge is -2.18. The molecule has 0 aliphatic carbocycles. The van der Waals surface area contributed by atoms with Crippen molar-refractivity contribution in [2.45, 2.75) is 25.4 Å². The van der Waals surface area contributed by atoms with Crippen molar-refractivity contribution >= 4 is 23.4 Å². The van der Waals surface area contributed by atoms with Crippen LogP contribution in [0.1, 0.15) is 28.2 Å². The van der Waals surface area contributed by atoms with Crippen LogP contribution in [0.25, 0.3) is 6.08 Å². The van der Waals surface area contributed by atoms with Gasteiger partial charge < -0.3 is 5.32 Å². The number of hydrogen-bond acceptors (Lipinski definition) is 1. The normalized spacial score (nSPS) is 15.3. The van der Waals surface area contributed by atoms with E-state index in [0.29, 0.717) is 5.56 Å². The van der Waals surface area contributed by atoms with Crippen LogP contribution in [0.2, 0.25) is 5.02 Å². The summed E-state index contributed by atoms with van der Waals surface area (Å²) in [7, 11) is 0. The van der Waals surface area contributed by atoms with Crippen molar-refractivity contribution in [3.8, 4) is 0 Å². The van der Waals surface area contributed by atoms with Gasteiger partial charge in [-0.15, -0.1) is 0 Å². The molecule has 1 aliphatic heterocycles. The fourth-order valence-corrected chi connectivity index (χ4v) is 3.25. The summed E-state index contributed by atoms with van der Waals surface area (Å²) in [5, 5.41) is 2.90. The number of hydrogen-bond donors (Lipinski definition) is 1. The van der Waals surface area contributed by atoms with Gasteiger partial charge in [-0.1, -0.05) is 35.9 Å². The lowest BCUT2D eigenvalue weighted by Crippen LogP contribution is -2.19. The van der Waals surface area contributed by atoms with E-state index < -0.39 is 17.9 Å². The number of benzene rings is 2. The Bertz CT molecular complexity index is 804. The molecule has 25 heavy (non-hydrogen) atoms. The first-order valence-electron chi connectivity index (χ1n) is 7.83. The summed E-state index contributed by atoms with van der Waals surface area (Å²) in [6.45, 7) is 2.23. The fraction of sp³-hybridized carbons (Fsp3) is 0.263. The van der Waals surface area contributed by atoms with Crippen molar-refractivity contribution < 1.29 is 17.6 Å². The summed E-state index contributed by atoms with van der Waals surface area (Å²) >= 11 is 5.72. The Morgan fingerprint density at radius 1 is 1.20 bits per heavy atom. The summed E-state index contributed by atoms with van der Waals surface area (Å²) < 4.78 is 54.1. The molecule has 0 amide bonds. The van der Waals surface area contributed by atoms with Gasteiger partial charge in [0.1, 0.15) is 5.82 Å². The second kappa shape index (κ2) is 6.71. The molecule has 0 bridgehead atoms. The lowest BCUT2D eigenvalue weighted by molar-refractivity contribution is -0.139. The quantitative estimate of drug-likeness (QED) is 0.643. The predicted octanol–water partition coefficient (Wildman–Crippen LogP) is 6.11. The van der Waals surface area contributed by atoms with Crippen LogP contribution in [0.3, 0.4) is 0 Å². The summed E-state index contributed by atoms with van der Waals surface area (Å²) in [5.74, 6) is -2.54. The minimum Gasteiger partial charge on any atom is -0.384 e. The number of rotatable bonds is 3. The third-order valence-corrected chi connectivity index (χ3v) is 4.54. The molecular weight excluding hydrogens is 354 g/mol. The van der Waals surface area contributed by atoms with E-state index in [1.54, 1.807) is 6.07 Å². The number of fused-ring (bicyclic) bond motifs is 1. The van der Waals surface area contributed by atoms with E-state index in [-0.39, 0.29) is 16.1 Å². The van der Waals surface area contributed by atoms with Crippen LogP contribution in [0.4, 0.5) is 23.2 Å². The summed E-state index contributed by atoms with van der Waals surface area (Å²) in [6.07, 6.45) is -1.11. The highest BCUT2D eigenvalue weighted by Crippen LogP contribution is 2.38. The zero-order chi connectivity index (χ0) is 18.2. The lowest BCUT2D eigenvalue weighted by atomic mass is 9.95. The number of halogens is 5. The van der Waals surface area contributed by atoms with Crippen LogP contribution in [0.15, 0.2) is 36.4 Å². The maximum Gasteiger partial charge on any atom is 0.399 e. The van der Waals surface area contributed by atoms with Crippen molar-refractivity contribution in [3.05, 3.63) is 69.5 Å². The number of anilines is 1. The Balaban J connectivity index is 1.95. The van der Waals surface area contributed by atoms with Crippen molar-refractivity contribution in [1.29, 1.82) is 0 Å². The van der Waals surface area contributed by atoms with E-state index in [9.17, 15) is 17.6 Å². The van der Waals surface area contributed by atoms with Crippen molar-refractivity contribution in [3.63, 3.8) is 0 Å². The van der Waals surface area contributed by atoms with E-state index in [1.165, 1.54) is 19.1 Å².